The molecular formula is C19H28N2O3. The number of carbonyl (C=O) groups excluding carboxylic acids is 1. The number of nitrogens with zero attached hydrogens (tertiary/aromatic N) is 2. The van der Waals surface area contributed by atoms with Crippen LogP contribution in [0.4, 0.5) is 0 Å². The number of likely N-dealkylation sites (tertiary alicyclic amines) is 2. The largest absolute Gasteiger partial charge is 0.508 e. The van der Waals surface area contributed by atoms with Crippen molar-refractivity contribution < 1.29 is 15.0 Å². The lowest BCUT2D eigenvalue weighted by atomic mass is 9.94. The molecule has 2 aliphatic rings. The highest BCUT2D eigenvalue weighted by Crippen LogP contribution is 2.25. The lowest BCUT2D eigenvalue weighted by Gasteiger charge is -2.31. The van der Waals surface area contributed by atoms with Crippen molar-refractivity contribution in [3.63, 3.8) is 0 Å². The van der Waals surface area contributed by atoms with Crippen molar-refractivity contribution >= 4 is 5.91 Å². The van der Waals surface area contributed by atoms with Crippen LogP contribution in [0.5, 0.6) is 5.75 Å². The molecule has 24 heavy (non-hydrogen) atoms. The Morgan fingerprint density at radius 2 is 1.88 bits per heavy atom. The number of rotatable bonds is 4. The minimum Gasteiger partial charge on any atom is -0.508 e. The van der Waals surface area contributed by atoms with Crippen molar-refractivity contribution in [1.29, 1.82) is 0 Å². The summed E-state index contributed by atoms with van der Waals surface area (Å²) in [7, 11) is 0. The van der Waals surface area contributed by atoms with E-state index >= 15 is 0 Å². The van der Waals surface area contributed by atoms with Gasteiger partial charge in [-0.3, -0.25) is 4.79 Å². The van der Waals surface area contributed by atoms with Gasteiger partial charge in [-0.15, -0.1) is 0 Å². The average Bonchev–Trinajstić information content (AvgIpc) is 2.95. The molecule has 0 saturated carbocycles. The fourth-order valence-corrected chi connectivity index (χ4v) is 3.90. The van der Waals surface area contributed by atoms with Gasteiger partial charge in [0.2, 0.25) is 5.91 Å². The molecule has 1 amide bonds. The second-order valence-electron chi connectivity index (χ2n) is 7.29. The molecule has 132 valence electrons. The molecule has 1 aromatic carbocycles. The van der Waals surface area contributed by atoms with Crippen LogP contribution in [0, 0.1) is 0 Å². The summed E-state index contributed by atoms with van der Waals surface area (Å²) in [5, 5.41) is 20.4. The van der Waals surface area contributed by atoms with Crippen LogP contribution in [0.1, 0.15) is 37.7 Å². The van der Waals surface area contributed by atoms with Gasteiger partial charge in [0.1, 0.15) is 5.75 Å². The van der Waals surface area contributed by atoms with Crippen molar-refractivity contribution in [3.8, 4) is 5.75 Å². The molecule has 2 heterocycles. The summed E-state index contributed by atoms with van der Waals surface area (Å²) >= 11 is 0. The lowest BCUT2D eigenvalue weighted by Crippen LogP contribution is -2.43. The van der Waals surface area contributed by atoms with Crippen LogP contribution in [-0.2, 0) is 11.2 Å². The molecule has 0 aliphatic carbocycles. The number of β-amino-alcohol motifs (C(OH)–C–C–N with tert-alkyl or cyclic N) is 1. The standard InChI is InChI=1S/C19H28N2O3/c22-17-6-3-5-16(13-17)14-18(23)21-11-4-7-19(24,8-12-21)15-20-9-1-2-10-20/h3,5-6,13,22,24H,1-2,4,7-12,14-15H2. The SMILES string of the molecule is O=C(Cc1cccc(O)c1)N1CCCC(O)(CN2CCCC2)CC1. The first-order valence-corrected chi connectivity index (χ1v) is 9.05. The molecule has 0 spiro atoms. The zero-order valence-electron chi connectivity index (χ0n) is 14.3. The fourth-order valence-electron chi connectivity index (χ4n) is 3.90. The molecule has 1 atom stereocenters. The third kappa shape index (κ3) is 4.48. The summed E-state index contributed by atoms with van der Waals surface area (Å²) in [6, 6.07) is 6.87. The molecule has 1 aromatic rings. The van der Waals surface area contributed by atoms with E-state index in [0.29, 0.717) is 25.9 Å². The number of phenols is 1. The minimum atomic E-state index is -0.662. The molecule has 5 heteroatoms. The van der Waals surface area contributed by atoms with Gasteiger partial charge in [0.25, 0.3) is 0 Å². The van der Waals surface area contributed by atoms with Crippen LogP contribution in [0.3, 0.4) is 0 Å². The molecule has 0 bridgehead atoms. The Bertz CT molecular complexity index is 571. The quantitative estimate of drug-likeness (QED) is 0.882. The van der Waals surface area contributed by atoms with E-state index < -0.39 is 5.60 Å². The zero-order chi connectivity index (χ0) is 17.0. The maximum Gasteiger partial charge on any atom is 0.226 e. The van der Waals surface area contributed by atoms with E-state index in [2.05, 4.69) is 4.90 Å². The number of aliphatic hydroxyl groups is 1. The Balaban J connectivity index is 1.55. The van der Waals surface area contributed by atoms with Gasteiger partial charge in [-0.1, -0.05) is 12.1 Å². The smallest absolute Gasteiger partial charge is 0.226 e. The third-order valence-corrected chi connectivity index (χ3v) is 5.25. The number of phenolic OH excluding ortho intramolecular Hbond substituents is 1. The number of benzene rings is 1. The van der Waals surface area contributed by atoms with E-state index in [-0.39, 0.29) is 11.7 Å². The molecule has 1 unspecified atom stereocenters. The molecule has 0 radical (unpaired) electrons. The van der Waals surface area contributed by atoms with Crippen LogP contribution in [0.15, 0.2) is 24.3 Å². The van der Waals surface area contributed by atoms with Gasteiger partial charge < -0.3 is 20.0 Å². The Kier molecular flexibility index (Phi) is 5.41. The molecule has 2 N–H and O–H groups in total. The Morgan fingerprint density at radius 1 is 1.08 bits per heavy atom. The highest BCUT2D eigenvalue weighted by molar-refractivity contribution is 5.78. The summed E-state index contributed by atoms with van der Waals surface area (Å²) in [4.78, 5) is 16.8. The lowest BCUT2D eigenvalue weighted by molar-refractivity contribution is -0.130. The van der Waals surface area contributed by atoms with E-state index in [1.165, 1.54) is 12.8 Å². The Hall–Kier alpha value is -1.59. The first-order chi connectivity index (χ1) is 11.5. The van der Waals surface area contributed by atoms with Crippen LogP contribution >= 0.6 is 0 Å². The van der Waals surface area contributed by atoms with E-state index in [0.717, 1.165) is 38.0 Å². The maximum absolute atomic E-state index is 12.5. The average molecular weight is 332 g/mol. The van der Waals surface area contributed by atoms with Crippen LogP contribution < -0.4 is 0 Å². The topological polar surface area (TPSA) is 64.0 Å². The normalized spacial score (nSPS) is 25.6. The minimum absolute atomic E-state index is 0.0750. The van der Waals surface area contributed by atoms with Gasteiger partial charge in [-0.05, 0) is 62.9 Å². The molecule has 0 aromatic heterocycles. The van der Waals surface area contributed by atoms with Gasteiger partial charge >= 0.3 is 0 Å². The second-order valence-corrected chi connectivity index (χ2v) is 7.29. The molecule has 3 rings (SSSR count). The first-order valence-electron chi connectivity index (χ1n) is 9.05. The van der Waals surface area contributed by atoms with Gasteiger partial charge in [0.05, 0.1) is 12.0 Å². The Morgan fingerprint density at radius 3 is 2.62 bits per heavy atom. The first kappa shape index (κ1) is 17.2. The van der Waals surface area contributed by atoms with Crippen LogP contribution in [0.2, 0.25) is 0 Å². The zero-order valence-corrected chi connectivity index (χ0v) is 14.3. The summed E-state index contributed by atoms with van der Waals surface area (Å²) in [5.74, 6) is 0.266. The maximum atomic E-state index is 12.5. The highest BCUT2D eigenvalue weighted by atomic mass is 16.3. The number of amides is 1. The van der Waals surface area contributed by atoms with E-state index in [9.17, 15) is 15.0 Å². The molecule has 2 aliphatic heterocycles. The number of hydrogen-bond acceptors (Lipinski definition) is 4. The van der Waals surface area contributed by atoms with Crippen molar-refractivity contribution in [3.05, 3.63) is 29.8 Å². The van der Waals surface area contributed by atoms with Crippen molar-refractivity contribution in [2.75, 3.05) is 32.7 Å². The number of hydrogen-bond donors (Lipinski definition) is 2. The van der Waals surface area contributed by atoms with Crippen molar-refractivity contribution in [2.24, 2.45) is 0 Å². The van der Waals surface area contributed by atoms with Crippen molar-refractivity contribution in [1.82, 2.24) is 9.80 Å². The van der Waals surface area contributed by atoms with Gasteiger partial charge in [0, 0.05) is 19.6 Å². The molecular weight excluding hydrogens is 304 g/mol. The Labute approximate surface area is 143 Å². The fraction of sp³-hybridized carbons (Fsp3) is 0.632. The number of aromatic hydroxyl groups is 1. The van der Waals surface area contributed by atoms with E-state index in [1.54, 1.807) is 18.2 Å². The van der Waals surface area contributed by atoms with Gasteiger partial charge in [-0.25, -0.2) is 0 Å². The van der Waals surface area contributed by atoms with E-state index in [4.69, 9.17) is 0 Å². The summed E-state index contributed by atoms with van der Waals surface area (Å²) in [6.45, 7) is 4.23. The summed E-state index contributed by atoms with van der Waals surface area (Å²) in [6.07, 6.45) is 5.01. The predicted molar refractivity (Wildman–Crippen MR) is 92.9 cm³/mol. The van der Waals surface area contributed by atoms with Crippen LogP contribution in [0.25, 0.3) is 0 Å². The predicted octanol–water partition coefficient (Wildman–Crippen LogP) is 1.77. The summed E-state index contributed by atoms with van der Waals surface area (Å²) < 4.78 is 0. The van der Waals surface area contributed by atoms with Crippen molar-refractivity contribution in [2.45, 2.75) is 44.1 Å². The second kappa shape index (κ2) is 7.53. The number of carbonyl (C=O) groups is 1. The molecule has 5 nitrogen and oxygen atoms in total. The van der Waals surface area contributed by atoms with E-state index in [1.807, 2.05) is 11.0 Å². The highest BCUT2D eigenvalue weighted by Gasteiger charge is 2.33. The monoisotopic (exact) mass is 332 g/mol. The van der Waals surface area contributed by atoms with Gasteiger partial charge in [0.15, 0.2) is 0 Å². The third-order valence-electron chi connectivity index (χ3n) is 5.25. The van der Waals surface area contributed by atoms with Gasteiger partial charge in [-0.2, -0.15) is 0 Å². The summed E-state index contributed by atoms with van der Waals surface area (Å²) in [5.41, 5.74) is 0.168. The van der Waals surface area contributed by atoms with Crippen LogP contribution in [-0.4, -0.2) is 64.2 Å². The molecule has 2 fully saturated rings. The molecule has 2 saturated heterocycles.